The van der Waals surface area contributed by atoms with Crippen molar-refractivity contribution in [3.05, 3.63) is 28.2 Å². The van der Waals surface area contributed by atoms with Crippen molar-refractivity contribution in [2.24, 2.45) is 0 Å². The van der Waals surface area contributed by atoms with Gasteiger partial charge in [0.05, 0.1) is 7.11 Å². The van der Waals surface area contributed by atoms with E-state index < -0.39 is 30.3 Å². The lowest BCUT2D eigenvalue weighted by Crippen LogP contribution is -2.21. The van der Waals surface area contributed by atoms with Crippen molar-refractivity contribution in [3.8, 4) is 5.75 Å². The fourth-order valence-corrected chi connectivity index (χ4v) is 1.59. The maximum atomic E-state index is 12.2. The molecule has 0 aliphatic heterocycles. The molecular formula is C11H8BrF3O4. The number of hydrogen-bond acceptors (Lipinski definition) is 4. The topological polar surface area (TPSA) is 52.6 Å². The van der Waals surface area contributed by atoms with Crippen LogP contribution in [0.4, 0.5) is 13.2 Å². The smallest absolute Gasteiger partial charge is 0.463 e. The number of halogens is 4. The van der Waals surface area contributed by atoms with Gasteiger partial charge in [-0.15, -0.1) is 13.2 Å². The van der Waals surface area contributed by atoms with E-state index in [1.54, 1.807) is 0 Å². The Morgan fingerprint density at radius 2 is 1.95 bits per heavy atom. The summed E-state index contributed by atoms with van der Waals surface area (Å²) in [6, 6.07) is 3.75. The molecule has 0 unspecified atom stereocenters. The van der Waals surface area contributed by atoms with Gasteiger partial charge in [-0.05, 0) is 12.1 Å². The molecule has 0 bridgehead atoms. The number of hydrogen-bond donors (Lipinski definition) is 0. The first-order valence-electron chi connectivity index (χ1n) is 4.88. The van der Waals surface area contributed by atoms with Gasteiger partial charge in [-0.2, -0.15) is 0 Å². The third kappa shape index (κ3) is 4.90. The van der Waals surface area contributed by atoms with Crippen LogP contribution in [0.15, 0.2) is 22.7 Å². The summed E-state index contributed by atoms with van der Waals surface area (Å²) in [5.74, 6) is -2.63. The van der Waals surface area contributed by atoms with E-state index in [1.165, 1.54) is 12.1 Å². The van der Waals surface area contributed by atoms with Crippen LogP contribution in [0, 0.1) is 0 Å². The van der Waals surface area contributed by atoms with E-state index in [0.717, 1.165) is 13.2 Å². The Balaban J connectivity index is 3.00. The zero-order valence-corrected chi connectivity index (χ0v) is 11.2. The summed E-state index contributed by atoms with van der Waals surface area (Å²) in [7, 11) is 1.01. The zero-order chi connectivity index (χ0) is 14.6. The second-order valence-corrected chi connectivity index (χ2v) is 4.31. The average Bonchev–Trinajstić information content (AvgIpc) is 2.29. The maximum Gasteiger partial charge on any atom is 0.573 e. The monoisotopic (exact) mass is 340 g/mol. The molecule has 0 amide bonds. The van der Waals surface area contributed by atoms with Gasteiger partial charge < -0.3 is 9.47 Å². The Morgan fingerprint density at radius 3 is 2.47 bits per heavy atom. The number of ketones is 1. The second-order valence-electron chi connectivity index (χ2n) is 3.39. The van der Waals surface area contributed by atoms with Crippen molar-refractivity contribution in [3.63, 3.8) is 0 Å². The van der Waals surface area contributed by atoms with Crippen LogP contribution < -0.4 is 4.74 Å². The molecule has 0 atom stereocenters. The van der Waals surface area contributed by atoms with Crippen LogP contribution >= 0.6 is 15.9 Å². The van der Waals surface area contributed by atoms with E-state index >= 15 is 0 Å². The van der Waals surface area contributed by atoms with Gasteiger partial charge in [0.15, 0.2) is 0 Å². The number of benzene rings is 1. The van der Waals surface area contributed by atoms with Gasteiger partial charge in [-0.1, -0.05) is 22.0 Å². The van der Waals surface area contributed by atoms with Gasteiger partial charge in [-0.3, -0.25) is 4.79 Å². The Bertz CT molecular complexity index is 499. The molecule has 1 aromatic rings. The van der Waals surface area contributed by atoms with Crippen LogP contribution in [0.1, 0.15) is 5.56 Å². The molecule has 0 N–H and O–H groups in total. The number of methoxy groups -OCH3 is 1. The van der Waals surface area contributed by atoms with Crippen molar-refractivity contribution in [1.82, 2.24) is 0 Å². The average molecular weight is 341 g/mol. The molecule has 0 heterocycles. The molecule has 4 nitrogen and oxygen atoms in total. The van der Waals surface area contributed by atoms with E-state index in [2.05, 4.69) is 25.4 Å². The molecule has 0 aliphatic carbocycles. The minimum Gasteiger partial charge on any atom is -0.463 e. The fraction of sp³-hybridized carbons (Fsp3) is 0.273. The van der Waals surface area contributed by atoms with E-state index in [4.69, 9.17) is 0 Å². The SMILES string of the molecule is COC(=O)C(=O)Cc1ccc(Br)cc1OC(F)(F)F. The molecule has 8 heteroatoms. The van der Waals surface area contributed by atoms with Crippen LogP contribution in [-0.2, 0) is 20.7 Å². The third-order valence-electron chi connectivity index (χ3n) is 2.02. The van der Waals surface area contributed by atoms with Crippen molar-refractivity contribution >= 4 is 27.7 Å². The Labute approximate surface area is 114 Å². The van der Waals surface area contributed by atoms with Crippen LogP contribution in [0.25, 0.3) is 0 Å². The lowest BCUT2D eigenvalue weighted by atomic mass is 10.1. The van der Waals surface area contributed by atoms with Crippen molar-refractivity contribution < 1.29 is 32.2 Å². The molecule has 1 aromatic carbocycles. The number of carbonyl (C=O) groups excluding carboxylic acids is 2. The molecule has 1 rings (SSSR count). The van der Waals surface area contributed by atoms with Gasteiger partial charge in [0, 0.05) is 16.5 Å². The Hall–Kier alpha value is -1.57. The molecule has 19 heavy (non-hydrogen) atoms. The minimum absolute atomic E-state index is 0.0593. The van der Waals surface area contributed by atoms with Gasteiger partial charge in [0.25, 0.3) is 0 Å². The number of carbonyl (C=O) groups is 2. The molecule has 0 saturated carbocycles. The summed E-state index contributed by atoms with van der Waals surface area (Å²) < 4.78 is 44.9. The van der Waals surface area contributed by atoms with E-state index in [1.807, 2.05) is 0 Å². The molecular weight excluding hydrogens is 333 g/mol. The Morgan fingerprint density at radius 1 is 1.32 bits per heavy atom. The first-order valence-corrected chi connectivity index (χ1v) is 5.67. The van der Waals surface area contributed by atoms with Gasteiger partial charge in [-0.25, -0.2) is 4.79 Å². The summed E-state index contributed by atoms with van der Waals surface area (Å²) in [6.07, 6.45) is -5.42. The molecule has 0 saturated heterocycles. The van der Waals surface area contributed by atoms with Crippen molar-refractivity contribution in [2.75, 3.05) is 7.11 Å². The first kappa shape index (κ1) is 15.5. The van der Waals surface area contributed by atoms with Gasteiger partial charge in [0.2, 0.25) is 5.78 Å². The fourth-order valence-electron chi connectivity index (χ4n) is 1.25. The third-order valence-corrected chi connectivity index (χ3v) is 2.51. The minimum atomic E-state index is -4.89. The highest BCUT2D eigenvalue weighted by molar-refractivity contribution is 9.10. The van der Waals surface area contributed by atoms with Crippen molar-refractivity contribution in [1.29, 1.82) is 0 Å². The maximum absolute atomic E-state index is 12.2. The predicted molar refractivity (Wildman–Crippen MR) is 61.6 cm³/mol. The molecule has 0 radical (unpaired) electrons. The number of alkyl halides is 3. The highest BCUT2D eigenvalue weighted by atomic mass is 79.9. The van der Waals surface area contributed by atoms with Crippen LogP contribution in [0.2, 0.25) is 0 Å². The van der Waals surface area contributed by atoms with Crippen LogP contribution in [-0.4, -0.2) is 25.2 Å². The number of esters is 1. The largest absolute Gasteiger partial charge is 0.573 e. The standard InChI is InChI=1S/C11H8BrF3O4/c1-18-10(17)8(16)4-6-2-3-7(12)5-9(6)19-11(13,14)15/h2-3,5H,4H2,1H3. The Kier molecular flexibility index (Phi) is 4.93. The second kappa shape index (κ2) is 6.05. The molecule has 104 valence electrons. The normalized spacial score (nSPS) is 11.0. The predicted octanol–water partition coefficient (Wildman–Crippen LogP) is 2.63. The molecule has 0 spiro atoms. The lowest BCUT2D eigenvalue weighted by molar-refractivity contribution is -0.274. The quantitative estimate of drug-likeness (QED) is 0.624. The van der Waals surface area contributed by atoms with E-state index in [-0.39, 0.29) is 5.56 Å². The number of rotatable bonds is 4. The first-order chi connectivity index (χ1) is 8.73. The highest BCUT2D eigenvalue weighted by Gasteiger charge is 2.32. The zero-order valence-electron chi connectivity index (χ0n) is 9.58. The van der Waals surface area contributed by atoms with E-state index in [0.29, 0.717) is 4.47 Å². The molecule has 0 aromatic heterocycles. The summed E-state index contributed by atoms with van der Waals surface area (Å²) in [5, 5.41) is 0. The molecule has 0 aliphatic rings. The summed E-state index contributed by atoms with van der Waals surface area (Å²) >= 11 is 2.99. The van der Waals surface area contributed by atoms with E-state index in [9.17, 15) is 22.8 Å². The van der Waals surface area contributed by atoms with Gasteiger partial charge in [0.1, 0.15) is 5.75 Å². The lowest BCUT2D eigenvalue weighted by Gasteiger charge is -2.13. The summed E-state index contributed by atoms with van der Waals surface area (Å²) in [4.78, 5) is 22.3. The summed E-state index contributed by atoms with van der Waals surface area (Å²) in [5.41, 5.74) is -0.0593. The number of Topliss-reactive ketones (excluding diaryl/α,β-unsaturated/α-hetero) is 1. The van der Waals surface area contributed by atoms with Gasteiger partial charge >= 0.3 is 12.3 Å². The van der Waals surface area contributed by atoms with Crippen LogP contribution in [0.3, 0.4) is 0 Å². The number of ether oxygens (including phenoxy) is 2. The van der Waals surface area contributed by atoms with Crippen molar-refractivity contribution in [2.45, 2.75) is 12.8 Å². The molecule has 0 fully saturated rings. The summed E-state index contributed by atoms with van der Waals surface area (Å²) in [6.45, 7) is 0. The highest BCUT2D eigenvalue weighted by Crippen LogP contribution is 2.29. The van der Waals surface area contributed by atoms with Crippen LogP contribution in [0.5, 0.6) is 5.75 Å².